The number of halogens is 1. The van der Waals surface area contributed by atoms with Crippen molar-refractivity contribution in [3.8, 4) is 6.07 Å². The molecule has 1 aromatic rings. The average molecular weight is 296 g/mol. The fourth-order valence-corrected chi connectivity index (χ4v) is 1.72. The van der Waals surface area contributed by atoms with Crippen LogP contribution in [0.25, 0.3) is 0 Å². The number of nitrogens with zero attached hydrogens (tertiary/aromatic N) is 1. The van der Waals surface area contributed by atoms with Crippen molar-refractivity contribution in [2.75, 3.05) is 11.9 Å². The summed E-state index contributed by atoms with van der Waals surface area (Å²) in [4.78, 5) is 11.6. The van der Waals surface area contributed by atoms with Gasteiger partial charge in [-0.3, -0.25) is 4.79 Å². The number of nitrogens with one attached hydrogen (secondary N) is 2. The summed E-state index contributed by atoms with van der Waals surface area (Å²) in [5.41, 5.74) is 1.17. The first-order chi connectivity index (χ1) is 8.08. The first-order valence-corrected chi connectivity index (χ1v) is 6.11. The molecule has 17 heavy (non-hydrogen) atoms. The van der Waals surface area contributed by atoms with E-state index in [1.165, 1.54) is 0 Å². The molecule has 0 heterocycles. The van der Waals surface area contributed by atoms with Crippen LogP contribution in [0.3, 0.4) is 0 Å². The first-order valence-electron chi connectivity index (χ1n) is 5.32. The molecule has 0 spiro atoms. The molecule has 4 nitrogen and oxygen atoms in total. The monoisotopic (exact) mass is 295 g/mol. The summed E-state index contributed by atoms with van der Waals surface area (Å²) in [6, 6.07) is 6.99. The summed E-state index contributed by atoms with van der Waals surface area (Å²) in [7, 11) is 0. The van der Waals surface area contributed by atoms with E-state index in [9.17, 15) is 4.79 Å². The minimum absolute atomic E-state index is 0.0867. The zero-order valence-electron chi connectivity index (χ0n) is 9.75. The van der Waals surface area contributed by atoms with E-state index in [1.54, 1.807) is 25.1 Å². The Labute approximate surface area is 109 Å². The lowest BCUT2D eigenvalue weighted by Crippen LogP contribution is -2.37. The number of hydrogen-bond acceptors (Lipinski definition) is 3. The van der Waals surface area contributed by atoms with E-state index in [4.69, 9.17) is 5.26 Å². The number of carbonyl (C=O) groups is 1. The lowest BCUT2D eigenvalue weighted by atomic mass is 10.1. The highest BCUT2D eigenvalue weighted by Gasteiger charge is 2.13. The number of anilines is 1. The number of carbonyl (C=O) groups excluding carboxylic acids is 1. The van der Waals surface area contributed by atoms with Gasteiger partial charge in [0.05, 0.1) is 11.3 Å². The molecule has 0 aliphatic carbocycles. The first kappa shape index (κ1) is 13.5. The Balaban J connectivity index is 2.84. The van der Waals surface area contributed by atoms with Gasteiger partial charge in [-0.1, -0.05) is 15.9 Å². The van der Waals surface area contributed by atoms with Gasteiger partial charge in [0.2, 0.25) is 5.91 Å². The van der Waals surface area contributed by atoms with Crippen LogP contribution in [0.15, 0.2) is 22.7 Å². The van der Waals surface area contributed by atoms with Crippen LogP contribution in [0, 0.1) is 11.3 Å². The Bertz CT molecular complexity index is 454. The highest BCUT2D eigenvalue weighted by Crippen LogP contribution is 2.21. The van der Waals surface area contributed by atoms with Gasteiger partial charge in [-0.05, 0) is 32.0 Å². The van der Waals surface area contributed by atoms with E-state index < -0.39 is 0 Å². The predicted molar refractivity (Wildman–Crippen MR) is 70.6 cm³/mol. The number of benzene rings is 1. The van der Waals surface area contributed by atoms with Gasteiger partial charge in [-0.15, -0.1) is 0 Å². The maximum atomic E-state index is 11.6. The second-order valence-corrected chi connectivity index (χ2v) is 4.48. The smallest absolute Gasteiger partial charge is 0.242 e. The number of likely N-dealkylation sites (N-methyl/N-ethyl adjacent to an activating group) is 1. The van der Waals surface area contributed by atoms with Gasteiger partial charge < -0.3 is 10.6 Å². The molecule has 1 atom stereocenters. The molecule has 0 fully saturated rings. The number of hydrogen-bond donors (Lipinski definition) is 2. The molecule has 0 saturated carbocycles. The van der Waals surface area contributed by atoms with Gasteiger partial charge in [0.25, 0.3) is 0 Å². The van der Waals surface area contributed by atoms with Gasteiger partial charge >= 0.3 is 0 Å². The van der Waals surface area contributed by atoms with Crippen molar-refractivity contribution in [3.63, 3.8) is 0 Å². The van der Waals surface area contributed by atoms with Crippen LogP contribution < -0.4 is 10.6 Å². The molecule has 1 rings (SSSR count). The lowest BCUT2D eigenvalue weighted by Gasteiger charge is -2.15. The average Bonchev–Trinajstić information content (AvgIpc) is 2.29. The molecule has 0 saturated heterocycles. The quantitative estimate of drug-likeness (QED) is 0.895. The standard InChI is InChI=1S/C12H14BrN3O/c1-3-15-12(17)8(2)16-11-6-10(13)5-4-9(11)7-14/h4-6,8,16H,3H2,1-2H3,(H,15,17). The van der Waals surface area contributed by atoms with Crippen LogP contribution in [0.1, 0.15) is 19.4 Å². The summed E-state index contributed by atoms with van der Waals surface area (Å²) in [5, 5.41) is 14.7. The minimum atomic E-state index is -0.378. The third-order valence-electron chi connectivity index (χ3n) is 2.22. The number of rotatable bonds is 4. The van der Waals surface area contributed by atoms with E-state index >= 15 is 0 Å². The Kier molecular flexibility index (Phi) is 4.98. The van der Waals surface area contributed by atoms with Gasteiger partial charge in [0, 0.05) is 11.0 Å². The van der Waals surface area contributed by atoms with Crippen molar-refractivity contribution in [1.82, 2.24) is 5.32 Å². The molecular formula is C12H14BrN3O. The number of nitriles is 1. The van der Waals surface area contributed by atoms with Crippen LogP contribution >= 0.6 is 15.9 Å². The SMILES string of the molecule is CCNC(=O)C(C)Nc1cc(Br)ccc1C#N. The molecule has 0 bridgehead atoms. The Morgan fingerprint density at radius 2 is 2.29 bits per heavy atom. The second-order valence-electron chi connectivity index (χ2n) is 3.56. The topological polar surface area (TPSA) is 64.9 Å². The maximum absolute atomic E-state index is 11.6. The molecule has 0 aromatic heterocycles. The summed E-state index contributed by atoms with van der Waals surface area (Å²) in [6.45, 7) is 4.21. The zero-order valence-corrected chi connectivity index (χ0v) is 11.3. The van der Waals surface area contributed by atoms with Gasteiger partial charge in [-0.25, -0.2) is 0 Å². The minimum Gasteiger partial charge on any atom is -0.373 e. The summed E-state index contributed by atoms with van der Waals surface area (Å²) in [6.07, 6.45) is 0. The molecule has 1 amide bonds. The van der Waals surface area contributed by atoms with E-state index in [2.05, 4.69) is 32.6 Å². The second kappa shape index (κ2) is 6.26. The summed E-state index contributed by atoms with van der Waals surface area (Å²) >= 11 is 3.33. The van der Waals surface area contributed by atoms with E-state index in [0.717, 1.165) is 4.47 Å². The largest absolute Gasteiger partial charge is 0.373 e. The Hall–Kier alpha value is -1.54. The molecule has 0 aliphatic rings. The van der Waals surface area contributed by atoms with E-state index in [1.807, 2.05) is 6.92 Å². The number of amides is 1. The molecular weight excluding hydrogens is 282 g/mol. The van der Waals surface area contributed by atoms with Crippen molar-refractivity contribution in [2.24, 2.45) is 0 Å². The van der Waals surface area contributed by atoms with Crippen LogP contribution in [-0.4, -0.2) is 18.5 Å². The van der Waals surface area contributed by atoms with Gasteiger partial charge in [-0.2, -0.15) is 5.26 Å². The summed E-state index contributed by atoms with van der Waals surface area (Å²) < 4.78 is 0.863. The van der Waals surface area contributed by atoms with Crippen molar-refractivity contribution in [1.29, 1.82) is 5.26 Å². The molecule has 2 N–H and O–H groups in total. The van der Waals surface area contributed by atoms with Crippen LogP contribution in [0.2, 0.25) is 0 Å². The van der Waals surface area contributed by atoms with Crippen molar-refractivity contribution in [2.45, 2.75) is 19.9 Å². The van der Waals surface area contributed by atoms with Gasteiger partial charge in [0.15, 0.2) is 0 Å². The maximum Gasteiger partial charge on any atom is 0.242 e. The zero-order chi connectivity index (χ0) is 12.8. The Morgan fingerprint density at radius 1 is 1.59 bits per heavy atom. The van der Waals surface area contributed by atoms with E-state index in [-0.39, 0.29) is 11.9 Å². The fraction of sp³-hybridized carbons (Fsp3) is 0.333. The molecule has 0 aliphatic heterocycles. The third-order valence-corrected chi connectivity index (χ3v) is 2.71. The van der Waals surface area contributed by atoms with E-state index in [0.29, 0.717) is 17.8 Å². The third kappa shape index (κ3) is 3.75. The van der Waals surface area contributed by atoms with Crippen molar-refractivity contribution in [3.05, 3.63) is 28.2 Å². The van der Waals surface area contributed by atoms with Crippen molar-refractivity contribution < 1.29 is 4.79 Å². The van der Waals surface area contributed by atoms with Crippen LogP contribution in [0.4, 0.5) is 5.69 Å². The van der Waals surface area contributed by atoms with Crippen molar-refractivity contribution >= 4 is 27.5 Å². The van der Waals surface area contributed by atoms with Gasteiger partial charge in [0.1, 0.15) is 12.1 Å². The molecule has 5 heteroatoms. The molecule has 0 radical (unpaired) electrons. The summed E-state index contributed by atoms with van der Waals surface area (Å²) in [5.74, 6) is -0.0867. The highest BCUT2D eigenvalue weighted by molar-refractivity contribution is 9.10. The van der Waals surface area contributed by atoms with Crippen LogP contribution in [-0.2, 0) is 4.79 Å². The molecule has 90 valence electrons. The molecule has 1 unspecified atom stereocenters. The molecule has 1 aromatic carbocycles. The Morgan fingerprint density at radius 3 is 2.88 bits per heavy atom. The highest BCUT2D eigenvalue weighted by atomic mass is 79.9. The normalized spacial score (nSPS) is 11.4. The lowest BCUT2D eigenvalue weighted by molar-refractivity contribution is -0.121. The predicted octanol–water partition coefficient (Wildman–Crippen LogP) is 2.26. The van der Waals surface area contributed by atoms with Crippen LogP contribution in [0.5, 0.6) is 0 Å². The fourth-order valence-electron chi connectivity index (χ4n) is 1.36.